The Bertz CT molecular complexity index is 134. The van der Waals surface area contributed by atoms with Gasteiger partial charge in [-0.2, -0.15) is 0 Å². The van der Waals surface area contributed by atoms with E-state index in [1.54, 1.807) is 0 Å². The average molecular weight is 229 g/mol. The van der Waals surface area contributed by atoms with Crippen LogP contribution in [0.5, 0.6) is 0 Å². The molecule has 0 radical (unpaired) electrons. The van der Waals surface area contributed by atoms with E-state index >= 15 is 0 Å². The van der Waals surface area contributed by atoms with Gasteiger partial charge in [0.25, 0.3) is 0 Å². The van der Waals surface area contributed by atoms with E-state index in [0.29, 0.717) is 6.23 Å². The standard InChI is InChI=1S/C4H10NO.2C4H9.Al/c1-4(6)5(2)3;2*1-3-4-2;/h4H,1-3H3;2*1,3-4H2,2H3;/q-1;;;+1. The molecule has 0 rings (SSSR count). The van der Waals surface area contributed by atoms with E-state index in [0.717, 1.165) is 0 Å². The van der Waals surface area contributed by atoms with Crippen LogP contribution >= 0.6 is 0 Å². The Labute approximate surface area is 101 Å². The Morgan fingerprint density at radius 2 is 1.53 bits per heavy atom. The summed E-state index contributed by atoms with van der Waals surface area (Å²) in [5, 5.41) is 2.71. The third-order valence-corrected chi connectivity index (χ3v) is 5.76. The molecular formula is C12H28AlNO. The summed E-state index contributed by atoms with van der Waals surface area (Å²) in [6.45, 7) is 6.69. The van der Waals surface area contributed by atoms with Gasteiger partial charge in [0, 0.05) is 0 Å². The number of rotatable bonds is 9. The molecule has 0 amide bonds. The van der Waals surface area contributed by atoms with Gasteiger partial charge in [-0.3, -0.25) is 4.90 Å². The van der Waals surface area contributed by atoms with E-state index in [1.165, 1.54) is 36.2 Å². The summed E-state index contributed by atoms with van der Waals surface area (Å²) in [6.07, 6.45) is 5.60. The van der Waals surface area contributed by atoms with E-state index in [4.69, 9.17) is 3.79 Å². The quantitative estimate of drug-likeness (QED) is 0.443. The van der Waals surface area contributed by atoms with Crippen LogP contribution in [0.25, 0.3) is 0 Å². The molecule has 2 nitrogen and oxygen atoms in total. The molecule has 1 atom stereocenters. The fraction of sp³-hybridized carbons (Fsp3) is 1.00. The minimum atomic E-state index is -0.925. The van der Waals surface area contributed by atoms with Crippen molar-refractivity contribution < 1.29 is 3.79 Å². The van der Waals surface area contributed by atoms with Gasteiger partial charge in [-0.25, -0.2) is 0 Å². The molecule has 0 saturated heterocycles. The first-order valence-electron chi connectivity index (χ1n) is 6.43. The fourth-order valence-electron chi connectivity index (χ4n) is 1.54. The molecule has 0 saturated carbocycles. The number of hydrogen-bond acceptors (Lipinski definition) is 2. The smallest absolute Gasteiger partial charge is 0.461 e. The van der Waals surface area contributed by atoms with Crippen LogP contribution < -0.4 is 0 Å². The Kier molecular flexibility index (Phi) is 9.95. The molecule has 0 aromatic heterocycles. The summed E-state index contributed by atoms with van der Waals surface area (Å²) in [4.78, 5) is 2.16. The van der Waals surface area contributed by atoms with Gasteiger partial charge in [-0.05, 0) is 21.0 Å². The van der Waals surface area contributed by atoms with Crippen molar-refractivity contribution >= 4 is 14.5 Å². The lowest BCUT2D eigenvalue weighted by molar-refractivity contribution is 0.0781. The van der Waals surface area contributed by atoms with Crippen LogP contribution in [-0.2, 0) is 3.79 Å². The molecule has 0 N–H and O–H groups in total. The summed E-state index contributed by atoms with van der Waals surface area (Å²) in [6, 6.07) is 0. The third kappa shape index (κ3) is 8.28. The van der Waals surface area contributed by atoms with Crippen LogP contribution in [0, 0.1) is 0 Å². The van der Waals surface area contributed by atoms with E-state index in [-0.39, 0.29) is 0 Å². The van der Waals surface area contributed by atoms with Crippen molar-refractivity contribution in [2.45, 2.75) is 63.2 Å². The van der Waals surface area contributed by atoms with Crippen molar-refractivity contribution in [2.75, 3.05) is 14.1 Å². The molecule has 0 fully saturated rings. The normalized spacial score (nSPS) is 13.2. The van der Waals surface area contributed by atoms with Gasteiger partial charge in [0.05, 0.1) is 6.23 Å². The molecule has 3 heteroatoms. The fourth-order valence-corrected chi connectivity index (χ4v) is 4.63. The summed E-state index contributed by atoms with van der Waals surface area (Å²) < 4.78 is 6.18. The summed E-state index contributed by atoms with van der Waals surface area (Å²) in [5.74, 6) is 0. The molecule has 0 aromatic rings. The van der Waals surface area contributed by atoms with Crippen LogP contribution in [0.3, 0.4) is 0 Å². The lowest BCUT2D eigenvalue weighted by atomic mass is 10.4. The van der Waals surface area contributed by atoms with Gasteiger partial charge in [-0.1, -0.05) is 50.1 Å². The van der Waals surface area contributed by atoms with Crippen molar-refractivity contribution in [3.8, 4) is 0 Å². The predicted molar refractivity (Wildman–Crippen MR) is 69.4 cm³/mol. The maximum atomic E-state index is 6.18. The Hall–Kier alpha value is 0.452. The van der Waals surface area contributed by atoms with Gasteiger partial charge in [0.2, 0.25) is 0 Å². The van der Waals surface area contributed by atoms with Gasteiger partial charge in [0.15, 0.2) is 0 Å². The highest BCUT2D eigenvalue weighted by Gasteiger charge is 2.22. The van der Waals surface area contributed by atoms with E-state index < -0.39 is 14.5 Å². The lowest BCUT2D eigenvalue weighted by Crippen LogP contribution is -2.34. The molecule has 0 spiro atoms. The zero-order valence-electron chi connectivity index (χ0n) is 11.3. The third-order valence-electron chi connectivity index (χ3n) is 2.88. The molecule has 90 valence electrons. The van der Waals surface area contributed by atoms with Gasteiger partial charge < -0.3 is 3.79 Å². The highest BCUT2D eigenvalue weighted by Crippen LogP contribution is 2.13. The topological polar surface area (TPSA) is 12.5 Å². The Morgan fingerprint density at radius 3 is 1.87 bits per heavy atom. The largest absolute Gasteiger partial charge is 0.487 e. The zero-order chi connectivity index (χ0) is 11.7. The summed E-state index contributed by atoms with van der Waals surface area (Å²) in [5.41, 5.74) is 0. The SMILES string of the molecule is CCC[CH2][Al]([CH2]CCC)[O]C(C)N(C)C. The van der Waals surface area contributed by atoms with E-state index in [1.807, 2.05) is 0 Å². The van der Waals surface area contributed by atoms with Gasteiger partial charge >= 0.3 is 14.5 Å². The van der Waals surface area contributed by atoms with Crippen molar-refractivity contribution in [3.05, 3.63) is 0 Å². The molecule has 0 aliphatic heterocycles. The second kappa shape index (κ2) is 9.66. The molecular weight excluding hydrogens is 201 g/mol. The van der Waals surface area contributed by atoms with Gasteiger partial charge in [-0.15, -0.1) is 0 Å². The first kappa shape index (κ1) is 15.5. The summed E-state index contributed by atoms with van der Waals surface area (Å²) >= 11 is -0.925. The molecule has 0 bridgehead atoms. The highest BCUT2D eigenvalue weighted by atomic mass is 27.2. The zero-order valence-corrected chi connectivity index (χ0v) is 12.4. The van der Waals surface area contributed by atoms with E-state index in [2.05, 4.69) is 39.8 Å². The van der Waals surface area contributed by atoms with Crippen molar-refractivity contribution in [1.82, 2.24) is 4.90 Å². The number of nitrogens with zero attached hydrogens (tertiary/aromatic N) is 1. The summed E-state index contributed by atoms with van der Waals surface area (Å²) in [7, 11) is 4.19. The van der Waals surface area contributed by atoms with Crippen LogP contribution in [-0.4, -0.2) is 39.7 Å². The molecule has 1 unspecified atom stereocenters. The molecule has 0 aliphatic rings. The molecule has 15 heavy (non-hydrogen) atoms. The van der Waals surface area contributed by atoms with E-state index in [9.17, 15) is 0 Å². The molecule has 0 aromatic carbocycles. The second-order valence-corrected chi connectivity index (χ2v) is 7.28. The maximum absolute atomic E-state index is 6.18. The van der Waals surface area contributed by atoms with Crippen molar-refractivity contribution in [1.29, 1.82) is 0 Å². The van der Waals surface area contributed by atoms with Crippen molar-refractivity contribution in [2.24, 2.45) is 0 Å². The first-order valence-corrected chi connectivity index (χ1v) is 8.54. The number of hydrogen-bond donors (Lipinski definition) is 0. The van der Waals surface area contributed by atoms with Crippen LogP contribution in [0.1, 0.15) is 46.5 Å². The monoisotopic (exact) mass is 229 g/mol. The predicted octanol–water partition coefficient (Wildman–Crippen LogP) is 3.50. The van der Waals surface area contributed by atoms with Crippen LogP contribution in [0.4, 0.5) is 0 Å². The molecule has 0 heterocycles. The Morgan fingerprint density at radius 1 is 1.07 bits per heavy atom. The van der Waals surface area contributed by atoms with Gasteiger partial charge in [0.1, 0.15) is 0 Å². The first-order chi connectivity index (χ1) is 7.11. The second-order valence-electron chi connectivity index (χ2n) is 4.61. The van der Waals surface area contributed by atoms with Crippen LogP contribution in [0.2, 0.25) is 10.6 Å². The molecule has 0 aliphatic carbocycles. The van der Waals surface area contributed by atoms with Crippen molar-refractivity contribution in [3.63, 3.8) is 0 Å². The average Bonchev–Trinajstić information content (AvgIpc) is 2.21. The number of unbranched alkanes of at least 4 members (excludes halogenated alkanes) is 2. The minimum absolute atomic E-state index is 0.301. The lowest BCUT2D eigenvalue weighted by Gasteiger charge is -2.25. The maximum Gasteiger partial charge on any atom is 0.461 e. The van der Waals surface area contributed by atoms with Crippen LogP contribution in [0.15, 0.2) is 0 Å². The highest BCUT2D eigenvalue weighted by molar-refractivity contribution is 6.51. The Balaban J connectivity index is 3.87. The minimum Gasteiger partial charge on any atom is -0.487 e.